The van der Waals surface area contributed by atoms with Crippen molar-refractivity contribution < 1.29 is 13.5 Å². The molecule has 0 spiro atoms. The van der Waals surface area contributed by atoms with Gasteiger partial charge in [0.2, 0.25) is 0 Å². The highest BCUT2D eigenvalue weighted by atomic mass is 35.5. The van der Waals surface area contributed by atoms with E-state index in [1.165, 1.54) is 24.3 Å². The van der Waals surface area contributed by atoms with E-state index in [2.05, 4.69) is 5.32 Å². The summed E-state index contributed by atoms with van der Waals surface area (Å²) in [7, 11) is 1.60. The second-order valence-corrected chi connectivity index (χ2v) is 9.27. The number of aliphatic imine (C=N–C) groups is 1. The van der Waals surface area contributed by atoms with Crippen molar-refractivity contribution in [1.82, 2.24) is 4.98 Å². The lowest BCUT2D eigenvalue weighted by molar-refractivity contribution is 0.415. The Balaban J connectivity index is 1.65. The number of anilines is 2. The predicted octanol–water partition coefficient (Wildman–Crippen LogP) is 8.72. The number of halogens is 4. The topological polar surface area (TPSA) is 46.5 Å². The maximum absolute atomic E-state index is 13.9. The Hall–Kier alpha value is -4.00. The number of aromatic nitrogens is 1. The van der Waals surface area contributed by atoms with Gasteiger partial charge in [0.05, 0.1) is 34.1 Å². The fourth-order valence-corrected chi connectivity index (χ4v) is 4.88. The zero-order valence-electron chi connectivity index (χ0n) is 19.3. The maximum Gasteiger partial charge on any atom is 0.141 e. The fourth-order valence-electron chi connectivity index (χ4n) is 4.52. The molecule has 0 radical (unpaired) electrons. The molecule has 0 atom stereocenters. The molecule has 1 aliphatic carbocycles. The summed E-state index contributed by atoms with van der Waals surface area (Å²) in [5.74, 6) is 0.200. The molecule has 0 amide bonds. The molecule has 1 aromatic heterocycles. The molecule has 5 aromatic rings. The fraction of sp³-hybridized carbons (Fsp3) is 0.0345. The first-order valence-corrected chi connectivity index (χ1v) is 12.1. The Morgan fingerprint density at radius 1 is 0.811 bits per heavy atom. The second kappa shape index (κ2) is 9.14. The van der Waals surface area contributed by atoms with Gasteiger partial charge in [-0.1, -0.05) is 41.4 Å². The van der Waals surface area contributed by atoms with E-state index in [0.717, 1.165) is 33.2 Å². The molecule has 0 fully saturated rings. The molecule has 4 nitrogen and oxygen atoms in total. The highest BCUT2D eigenvalue weighted by Crippen LogP contribution is 2.46. The van der Waals surface area contributed by atoms with Crippen LogP contribution in [0.25, 0.3) is 22.0 Å². The lowest BCUT2D eigenvalue weighted by Crippen LogP contribution is -2.03. The van der Waals surface area contributed by atoms with Crippen molar-refractivity contribution in [3.05, 3.63) is 112 Å². The number of ether oxygens (including phenoxy) is 1. The molecular weight excluding hydrogens is 515 g/mol. The van der Waals surface area contributed by atoms with Crippen LogP contribution in [-0.2, 0) is 0 Å². The standard InChI is InChI=1S/C29H17Cl2F2N3O/c1-37-17-8-9-18-20(14-17)28(34-15-6-10-23(32)21(30)12-15)26-19-4-2-3-5-25(19)36-29(27(18)26)35-16-7-11-24(33)22(31)13-16/h2-14H,1H3,(H,35,36). The molecule has 37 heavy (non-hydrogen) atoms. The minimum absolute atomic E-state index is 0.00279. The highest BCUT2D eigenvalue weighted by Gasteiger charge is 2.31. The highest BCUT2D eigenvalue weighted by molar-refractivity contribution is 6.33. The van der Waals surface area contributed by atoms with E-state index in [-0.39, 0.29) is 10.0 Å². The van der Waals surface area contributed by atoms with Crippen molar-refractivity contribution in [2.45, 2.75) is 0 Å². The summed E-state index contributed by atoms with van der Waals surface area (Å²) >= 11 is 12.1. The van der Waals surface area contributed by atoms with Gasteiger partial charge in [-0.2, -0.15) is 0 Å². The number of para-hydroxylation sites is 1. The number of nitrogens with one attached hydrogen (secondary N) is 1. The van der Waals surface area contributed by atoms with Crippen LogP contribution in [0, 0.1) is 11.6 Å². The van der Waals surface area contributed by atoms with E-state index < -0.39 is 11.6 Å². The normalized spacial score (nSPS) is 13.1. The lowest BCUT2D eigenvalue weighted by Gasteiger charge is -2.14. The molecule has 6 rings (SSSR count). The lowest BCUT2D eigenvalue weighted by atomic mass is 10.0. The van der Waals surface area contributed by atoms with E-state index in [4.69, 9.17) is 37.9 Å². The molecule has 0 saturated heterocycles. The summed E-state index contributed by atoms with van der Waals surface area (Å²) < 4.78 is 33.2. The average molecular weight is 532 g/mol. The zero-order valence-corrected chi connectivity index (χ0v) is 20.8. The van der Waals surface area contributed by atoms with Crippen molar-refractivity contribution in [2.24, 2.45) is 4.99 Å². The molecule has 4 aromatic carbocycles. The van der Waals surface area contributed by atoms with E-state index in [1.54, 1.807) is 19.2 Å². The largest absolute Gasteiger partial charge is 0.497 e. The average Bonchev–Trinajstić information content (AvgIpc) is 3.22. The van der Waals surface area contributed by atoms with Crippen molar-refractivity contribution in [2.75, 3.05) is 12.4 Å². The van der Waals surface area contributed by atoms with E-state index in [1.807, 2.05) is 42.5 Å². The van der Waals surface area contributed by atoms with Crippen LogP contribution < -0.4 is 10.1 Å². The van der Waals surface area contributed by atoms with Gasteiger partial charge in [0.25, 0.3) is 0 Å². The molecule has 1 heterocycles. The van der Waals surface area contributed by atoms with E-state index >= 15 is 0 Å². The number of rotatable bonds is 4. The number of fused-ring (bicyclic) bond motifs is 5. The number of methoxy groups -OCH3 is 1. The number of nitrogens with zero attached hydrogens (tertiary/aromatic N) is 2. The van der Waals surface area contributed by atoms with Crippen molar-refractivity contribution >= 4 is 57.0 Å². The maximum atomic E-state index is 13.9. The van der Waals surface area contributed by atoms with Crippen LogP contribution in [-0.4, -0.2) is 17.8 Å². The summed E-state index contributed by atoms with van der Waals surface area (Å²) in [6.45, 7) is 0. The predicted molar refractivity (Wildman–Crippen MR) is 145 cm³/mol. The number of pyridine rings is 1. The minimum Gasteiger partial charge on any atom is -0.497 e. The van der Waals surface area contributed by atoms with Crippen LogP contribution in [0.1, 0.15) is 11.1 Å². The Kier molecular flexibility index (Phi) is 5.78. The van der Waals surface area contributed by atoms with Crippen LogP contribution in [0.2, 0.25) is 10.0 Å². The summed E-state index contributed by atoms with van der Waals surface area (Å²) in [5.41, 5.74) is 5.89. The summed E-state index contributed by atoms with van der Waals surface area (Å²) in [5, 5.41) is 4.20. The molecule has 0 unspecified atom stereocenters. The zero-order chi connectivity index (χ0) is 25.7. The van der Waals surface area contributed by atoms with Gasteiger partial charge in [-0.3, -0.25) is 0 Å². The molecule has 1 N–H and O–H groups in total. The van der Waals surface area contributed by atoms with Gasteiger partial charge in [0.1, 0.15) is 23.2 Å². The van der Waals surface area contributed by atoms with Crippen LogP contribution in [0.4, 0.5) is 26.0 Å². The Morgan fingerprint density at radius 3 is 2.32 bits per heavy atom. The molecule has 0 bridgehead atoms. The number of hydrogen-bond acceptors (Lipinski definition) is 4. The van der Waals surface area contributed by atoms with Crippen LogP contribution >= 0.6 is 23.2 Å². The third-order valence-corrected chi connectivity index (χ3v) is 6.79. The number of benzene rings is 4. The van der Waals surface area contributed by atoms with Gasteiger partial charge in [-0.15, -0.1) is 0 Å². The summed E-state index contributed by atoms with van der Waals surface area (Å²) in [6, 6.07) is 22.2. The van der Waals surface area contributed by atoms with Crippen molar-refractivity contribution in [3.63, 3.8) is 0 Å². The molecule has 0 saturated carbocycles. The van der Waals surface area contributed by atoms with Gasteiger partial charge in [-0.05, 0) is 66.2 Å². The molecular formula is C29H17Cl2F2N3O. The van der Waals surface area contributed by atoms with Gasteiger partial charge in [0.15, 0.2) is 0 Å². The van der Waals surface area contributed by atoms with Gasteiger partial charge in [-0.25, -0.2) is 18.8 Å². The van der Waals surface area contributed by atoms with Crippen molar-refractivity contribution in [3.8, 4) is 16.9 Å². The van der Waals surface area contributed by atoms with Crippen molar-refractivity contribution in [1.29, 1.82) is 0 Å². The first-order valence-electron chi connectivity index (χ1n) is 11.3. The smallest absolute Gasteiger partial charge is 0.141 e. The van der Waals surface area contributed by atoms with Crippen LogP contribution in [0.5, 0.6) is 5.75 Å². The first-order chi connectivity index (χ1) is 17.9. The van der Waals surface area contributed by atoms with Crippen LogP contribution in [0.15, 0.2) is 83.9 Å². The van der Waals surface area contributed by atoms with Gasteiger partial charge >= 0.3 is 0 Å². The minimum atomic E-state index is -0.515. The first kappa shape index (κ1) is 23.4. The third-order valence-electron chi connectivity index (χ3n) is 6.21. The molecule has 0 aliphatic heterocycles. The quantitative estimate of drug-likeness (QED) is 0.247. The van der Waals surface area contributed by atoms with Crippen LogP contribution in [0.3, 0.4) is 0 Å². The number of hydrogen-bond donors (Lipinski definition) is 1. The molecule has 8 heteroatoms. The Morgan fingerprint density at radius 2 is 1.57 bits per heavy atom. The van der Waals surface area contributed by atoms with Gasteiger partial charge < -0.3 is 10.1 Å². The molecule has 1 aliphatic rings. The third kappa shape index (κ3) is 4.08. The SMILES string of the molecule is COc1ccc2c(c1)C(=Nc1ccc(F)c(Cl)c1)c1c-2c(Nc2ccc(F)c(Cl)c2)nc2ccccc12. The molecule has 182 valence electrons. The Bertz CT molecular complexity index is 1750. The van der Waals surface area contributed by atoms with E-state index in [0.29, 0.717) is 28.7 Å². The van der Waals surface area contributed by atoms with Gasteiger partial charge in [0, 0.05) is 27.8 Å². The van der Waals surface area contributed by atoms with E-state index in [9.17, 15) is 8.78 Å². The summed E-state index contributed by atoms with van der Waals surface area (Å²) in [4.78, 5) is 9.82. The Labute approximate surface area is 221 Å². The summed E-state index contributed by atoms with van der Waals surface area (Å²) in [6.07, 6.45) is 0. The monoisotopic (exact) mass is 531 g/mol. The second-order valence-electron chi connectivity index (χ2n) is 8.45.